The molecule has 1 atom stereocenters. The minimum Gasteiger partial charge on any atom is -0.497 e. The zero-order valence-corrected chi connectivity index (χ0v) is 13.7. The third kappa shape index (κ3) is 3.77. The summed E-state index contributed by atoms with van der Waals surface area (Å²) >= 11 is 0. The Balaban J connectivity index is 1.64. The number of carbonyl (C=O) groups is 2. The van der Waals surface area contributed by atoms with Crippen LogP contribution in [0.25, 0.3) is 11.1 Å². The SMILES string of the molecule is COc1cccc(NC(=O)C(C)OC(=O)c2ccc3ocnc3c2)c1. The number of hydrogen-bond donors (Lipinski definition) is 1. The zero-order valence-electron chi connectivity index (χ0n) is 13.7. The molecule has 2 aromatic carbocycles. The Morgan fingerprint density at radius 1 is 1.20 bits per heavy atom. The van der Waals surface area contributed by atoms with Crippen LogP contribution in [0.3, 0.4) is 0 Å². The van der Waals surface area contributed by atoms with Crippen LogP contribution in [0, 0.1) is 0 Å². The maximum absolute atomic E-state index is 12.2. The van der Waals surface area contributed by atoms with Crippen molar-refractivity contribution in [1.29, 1.82) is 0 Å². The summed E-state index contributed by atoms with van der Waals surface area (Å²) in [6.45, 7) is 1.50. The first-order valence-corrected chi connectivity index (χ1v) is 7.56. The minimum atomic E-state index is -0.966. The van der Waals surface area contributed by atoms with Crippen LogP contribution in [0.2, 0.25) is 0 Å². The molecule has 7 nitrogen and oxygen atoms in total. The number of carbonyl (C=O) groups excluding carboxylic acids is 2. The highest BCUT2D eigenvalue weighted by Gasteiger charge is 2.19. The highest BCUT2D eigenvalue weighted by atomic mass is 16.5. The van der Waals surface area contributed by atoms with Crippen molar-refractivity contribution in [2.24, 2.45) is 0 Å². The molecule has 3 aromatic rings. The third-order valence-corrected chi connectivity index (χ3v) is 3.56. The van der Waals surface area contributed by atoms with Gasteiger partial charge in [-0.2, -0.15) is 0 Å². The van der Waals surface area contributed by atoms with Gasteiger partial charge in [-0.25, -0.2) is 9.78 Å². The van der Waals surface area contributed by atoms with E-state index >= 15 is 0 Å². The van der Waals surface area contributed by atoms with Crippen molar-refractivity contribution in [3.05, 3.63) is 54.4 Å². The van der Waals surface area contributed by atoms with E-state index in [9.17, 15) is 9.59 Å². The number of ether oxygens (including phenoxy) is 2. The molecule has 0 fully saturated rings. The van der Waals surface area contributed by atoms with Crippen LogP contribution in [0.5, 0.6) is 5.75 Å². The van der Waals surface area contributed by atoms with Gasteiger partial charge in [-0.15, -0.1) is 0 Å². The molecule has 25 heavy (non-hydrogen) atoms. The van der Waals surface area contributed by atoms with Crippen LogP contribution in [0.1, 0.15) is 17.3 Å². The van der Waals surface area contributed by atoms with E-state index in [1.165, 1.54) is 20.4 Å². The van der Waals surface area contributed by atoms with Gasteiger partial charge in [0.1, 0.15) is 11.3 Å². The largest absolute Gasteiger partial charge is 0.497 e. The van der Waals surface area contributed by atoms with Crippen molar-refractivity contribution in [3.63, 3.8) is 0 Å². The fourth-order valence-corrected chi connectivity index (χ4v) is 2.21. The lowest BCUT2D eigenvalue weighted by molar-refractivity contribution is -0.123. The van der Waals surface area contributed by atoms with Gasteiger partial charge in [0.15, 0.2) is 18.1 Å². The number of methoxy groups -OCH3 is 1. The fourth-order valence-electron chi connectivity index (χ4n) is 2.21. The molecule has 1 unspecified atom stereocenters. The number of oxazole rings is 1. The lowest BCUT2D eigenvalue weighted by Crippen LogP contribution is -2.30. The summed E-state index contributed by atoms with van der Waals surface area (Å²) < 4.78 is 15.4. The maximum Gasteiger partial charge on any atom is 0.338 e. The Morgan fingerprint density at radius 3 is 2.84 bits per heavy atom. The van der Waals surface area contributed by atoms with E-state index in [2.05, 4.69) is 10.3 Å². The van der Waals surface area contributed by atoms with Gasteiger partial charge < -0.3 is 19.2 Å². The number of nitrogens with one attached hydrogen (secondary N) is 1. The second kappa shape index (κ2) is 7.04. The average Bonchev–Trinajstić information content (AvgIpc) is 3.09. The van der Waals surface area contributed by atoms with Crippen molar-refractivity contribution in [3.8, 4) is 5.75 Å². The van der Waals surface area contributed by atoms with E-state index < -0.39 is 18.0 Å². The average molecular weight is 340 g/mol. The number of nitrogens with zero attached hydrogens (tertiary/aromatic N) is 1. The molecular weight excluding hydrogens is 324 g/mol. The Morgan fingerprint density at radius 2 is 2.04 bits per heavy atom. The highest BCUT2D eigenvalue weighted by Crippen LogP contribution is 2.18. The Labute approximate surface area is 143 Å². The van der Waals surface area contributed by atoms with Crippen LogP contribution in [-0.2, 0) is 9.53 Å². The number of rotatable bonds is 5. The van der Waals surface area contributed by atoms with Crippen molar-refractivity contribution in [2.45, 2.75) is 13.0 Å². The first-order valence-electron chi connectivity index (χ1n) is 7.56. The molecule has 1 aromatic heterocycles. The lowest BCUT2D eigenvalue weighted by atomic mass is 10.2. The van der Waals surface area contributed by atoms with Crippen LogP contribution in [-0.4, -0.2) is 30.1 Å². The quantitative estimate of drug-likeness (QED) is 0.718. The molecular formula is C18H16N2O5. The molecule has 1 heterocycles. The van der Waals surface area contributed by atoms with Gasteiger partial charge in [-0.1, -0.05) is 6.07 Å². The summed E-state index contributed by atoms with van der Waals surface area (Å²) in [5.74, 6) is -0.439. The molecule has 7 heteroatoms. The number of benzene rings is 2. The summed E-state index contributed by atoms with van der Waals surface area (Å²) in [6, 6.07) is 11.6. The number of aromatic nitrogens is 1. The summed E-state index contributed by atoms with van der Waals surface area (Å²) in [5, 5.41) is 2.68. The van der Waals surface area contributed by atoms with E-state index in [-0.39, 0.29) is 0 Å². The standard InChI is InChI=1S/C18H16N2O5/c1-11(17(21)20-13-4-3-5-14(9-13)23-2)25-18(22)12-6-7-16-15(8-12)19-10-24-16/h3-11H,1-2H3,(H,20,21). The molecule has 0 spiro atoms. The number of hydrogen-bond acceptors (Lipinski definition) is 6. The van der Waals surface area contributed by atoms with Gasteiger partial charge in [0.2, 0.25) is 0 Å². The van der Waals surface area contributed by atoms with Gasteiger partial charge >= 0.3 is 5.97 Å². The molecule has 128 valence electrons. The number of amides is 1. The fraction of sp³-hybridized carbons (Fsp3) is 0.167. The van der Waals surface area contributed by atoms with Crippen LogP contribution >= 0.6 is 0 Å². The topological polar surface area (TPSA) is 90.7 Å². The predicted octanol–water partition coefficient (Wildman–Crippen LogP) is 3.02. The molecule has 1 amide bonds. The molecule has 0 aliphatic rings. The van der Waals surface area contributed by atoms with Crippen molar-refractivity contribution in [2.75, 3.05) is 12.4 Å². The number of esters is 1. The van der Waals surface area contributed by atoms with Gasteiger partial charge in [0, 0.05) is 11.8 Å². The number of anilines is 1. The normalized spacial score (nSPS) is 11.8. The van der Waals surface area contributed by atoms with Crippen LogP contribution < -0.4 is 10.1 Å². The zero-order chi connectivity index (χ0) is 17.8. The second-order valence-electron chi connectivity index (χ2n) is 5.30. The molecule has 0 saturated carbocycles. The lowest BCUT2D eigenvalue weighted by Gasteiger charge is -2.14. The molecule has 0 aliphatic carbocycles. The van der Waals surface area contributed by atoms with Crippen LogP contribution in [0.4, 0.5) is 5.69 Å². The van der Waals surface area contributed by atoms with Gasteiger partial charge in [0.05, 0.1) is 12.7 Å². The molecule has 0 aliphatic heterocycles. The Bertz CT molecular complexity index is 918. The van der Waals surface area contributed by atoms with Crippen LogP contribution in [0.15, 0.2) is 53.3 Å². The highest BCUT2D eigenvalue weighted by molar-refractivity contribution is 5.98. The predicted molar refractivity (Wildman–Crippen MR) is 90.5 cm³/mol. The summed E-state index contributed by atoms with van der Waals surface area (Å²) in [6.07, 6.45) is 0.330. The Kier molecular flexibility index (Phi) is 4.65. The molecule has 0 bridgehead atoms. The summed E-state index contributed by atoms with van der Waals surface area (Å²) in [4.78, 5) is 28.4. The first-order chi connectivity index (χ1) is 12.1. The van der Waals surface area contributed by atoms with E-state index in [1.807, 2.05) is 0 Å². The Hall–Kier alpha value is -3.35. The van der Waals surface area contributed by atoms with Gasteiger partial charge in [-0.3, -0.25) is 4.79 Å². The van der Waals surface area contributed by atoms with Gasteiger partial charge in [-0.05, 0) is 37.3 Å². The summed E-state index contributed by atoms with van der Waals surface area (Å²) in [5.41, 5.74) is 1.96. The van der Waals surface area contributed by atoms with Crippen molar-refractivity contribution in [1.82, 2.24) is 4.98 Å². The molecule has 0 radical (unpaired) electrons. The second-order valence-corrected chi connectivity index (χ2v) is 5.30. The first kappa shape index (κ1) is 16.5. The van der Waals surface area contributed by atoms with E-state index in [1.54, 1.807) is 42.5 Å². The van der Waals surface area contributed by atoms with Gasteiger partial charge in [0.25, 0.3) is 5.91 Å². The van der Waals surface area contributed by atoms with E-state index in [0.29, 0.717) is 28.1 Å². The van der Waals surface area contributed by atoms with Crippen molar-refractivity contribution >= 4 is 28.7 Å². The maximum atomic E-state index is 12.2. The molecule has 1 N–H and O–H groups in total. The summed E-state index contributed by atoms with van der Waals surface area (Å²) in [7, 11) is 1.54. The minimum absolute atomic E-state index is 0.294. The van der Waals surface area contributed by atoms with Crippen molar-refractivity contribution < 1.29 is 23.5 Å². The third-order valence-electron chi connectivity index (χ3n) is 3.56. The smallest absolute Gasteiger partial charge is 0.338 e. The van der Waals surface area contributed by atoms with E-state index in [4.69, 9.17) is 13.9 Å². The number of fused-ring (bicyclic) bond motifs is 1. The monoisotopic (exact) mass is 340 g/mol. The van der Waals surface area contributed by atoms with E-state index in [0.717, 1.165) is 0 Å². The molecule has 3 rings (SSSR count). The molecule has 0 saturated heterocycles.